The summed E-state index contributed by atoms with van der Waals surface area (Å²) < 4.78 is 5.81. The van der Waals surface area contributed by atoms with Gasteiger partial charge in [-0.2, -0.15) is 0 Å². The van der Waals surface area contributed by atoms with Gasteiger partial charge in [0, 0.05) is 43.0 Å². The third-order valence-corrected chi connectivity index (χ3v) is 5.87. The van der Waals surface area contributed by atoms with Gasteiger partial charge in [0.25, 0.3) is 5.91 Å². The first-order valence-corrected chi connectivity index (χ1v) is 9.71. The molecule has 2 fully saturated rings. The third kappa shape index (κ3) is 3.11. The topological polar surface area (TPSA) is 53.8 Å². The van der Waals surface area contributed by atoms with Crippen molar-refractivity contribution in [3.05, 3.63) is 35.6 Å². The zero-order valence-corrected chi connectivity index (χ0v) is 15.4. The molecule has 5 heteroatoms. The molecule has 1 aromatic carbocycles. The third-order valence-electron chi connectivity index (χ3n) is 5.87. The lowest BCUT2D eigenvalue weighted by atomic mass is 9.88. The fourth-order valence-corrected chi connectivity index (χ4v) is 4.26. The predicted molar refractivity (Wildman–Crippen MR) is 100 cm³/mol. The smallest absolute Gasteiger partial charge is 0.290 e. The SMILES string of the molecule is Cc1c(C(=O)N2CCN(C(=O)C3CCCCC3)CC2)oc2ccccc12. The summed E-state index contributed by atoms with van der Waals surface area (Å²) in [6.45, 7) is 4.34. The molecule has 2 heterocycles. The van der Waals surface area contributed by atoms with Crippen molar-refractivity contribution in [1.29, 1.82) is 0 Å². The molecule has 1 saturated carbocycles. The van der Waals surface area contributed by atoms with Gasteiger partial charge in [0.05, 0.1) is 0 Å². The van der Waals surface area contributed by atoms with Crippen molar-refractivity contribution in [3.63, 3.8) is 0 Å². The lowest BCUT2D eigenvalue weighted by Gasteiger charge is -2.36. The van der Waals surface area contributed by atoms with Crippen molar-refractivity contribution >= 4 is 22.8 Å². The number of amides is 2. The number of benzene rings is 1. The number of carbonyl (C=O) groups excluding carboxylic acids is 2. The van der Waals surface area contributed by atoms with Gasteiger partial charge in [0.2, 0.25) is 5.91 Å². The molecule has 0 spiro atoms. The molecule has 0 bridgehead atoms. The van der Waals surface area contributed by atoms with E-state index >= 15 is 0 Å². The second kappa shape index (κ2) is 7.14. The maximum Gasteiger partial charge on any atom is 0.290 e. The maximum atomic E-state index is 12.9. The van der Waals surface area contributed by atoms with Gasteiger partial charge in [-0.25, -0.2) is 0 Å². The van der Waals surface area contributed by atoms with Gasteiger partial charge in [-0.15, -0.1) is 0 Å². The number of para-hydroxylation sites is 1. The molecule has 2 aliphatic rings. The van der Waals surface area contributed by atoms with Crippen molar-refractivity contribution in [2.24, 2.45) is 5.92 Å². The number of hydrogen-bond donors (Lipinski definition) is 0. The Kier molecular flexibility index (Phi) is 4.70. The summed E-state index contributed by atoms with van der Waals surface area (Å²) >= 11 is 0. The molecule has 4 rings (SSSR count). The van der Waals surface area contributed by atoms with E-state index in [9.17, 15) is 9.59 Å². The molecule has 1 aromatic heterocycles. The molecule has 2 aromatic rings. The average molecular weight is 354 g/mol. The van der Waals surface area contributed by atoms with Crippen LogP contribution in [-0.4, -0.2) is 47.8 Å². The molecule has 0 N–H and O–H groups in total. The van der Waals surface area contributed by atoms with Crippen LogP contribution in [0.25, 0.3) is 11.0 Å². The van der Waals surface area contributed by atoms with Crippen LogP contribution in [0.2, 0.25) is 0 Å². The highest BCUT2D eigenvalue weighted by Gasteiger charge is 2.31. The molecule has 2 amide bonds. The minimum Gasteiger partial charge on any atom is -0.451 e. The Morgan fingerprint density at radius 1 is 0.962 bits per heavy atom. The van der Waals surface area contributed by atoms with Gasteiger partial charge >= 0.3 is 0 Å². The van der Waals surface area contributed by atoms with Crippen molar-refractivity contribution in [2.45, 2.75) is 39.0 Å². The summed E-state index contributed by atoms with van der Waals surface area (Å²) in [4.78, 5) is 29.3. The molecule has 5 nitrogen and oxygen atoms in total. The van der Waals surface area contributed by atoms with Crippen molar-refractivity contribution in [2.75, 3.05) is 26.2 Å². The molecule has 1 saturated heterocycles. The van der Waals surface area contributed by atoms with Gasteiger partial charge in [-0.3, -0.25) is 9.59 Å². The number of rotatable bonds is 2. The molecule has 0 atom stereocenters. The molecule has 1 aliphatic heterocycles. The van der Waals surface area contributed by atoms with E-state index in [-0.39, 0.29) is 17.7 Å². The first-order chi connectivity index (χ1) is 12.6. The number of carbonyl (C=O) groups is 2. The number of nitrogens with zero attached hydrogens (tertiary/aromatic N) is 2. The van der Waals surface area contributed by atoms with E-state index in [0.717, 1.165) is 29.4 Å². The minimum absolute atomic E-state index is 0.0662. The predicted octanol–water partition coefficient (Wildman–Crippen LogP) is 3.61. The molecular formula is C21H26N2O3. The van der Waals surface area contributed by atoms with Gasteiger partial charge in [0.15, 0.2) is 5.76 Å². The van der Waals surface area contributed by atoms with Crippen molar-refractivity contribution in [3.8, 4) is 0 Å². The summed E-state index contributed by atoms with van der Waals surface area (Å²) in [6, 6.07) is 7.73. The first kappa shape index (κ1) is 17.1. The van der Waals surface area contributed by atoms with Crippen LogP contribution < -0.4 is 0 Å². The molecule has 0 unspecified atom stereocenters. The number of furan rings is 1. The Balaban J connectivity index is 1.41. The zero-order chi connectivity index (χ0) is 18.1. The highest BCUT2D eigenvalue weighted by Crippen LogP contribution is 2.28. The van der Waals surface area contributed by atoms with Crippen LogP contribution in [0.1, 0.15) is 48.2 Å². The van der Waals surface area contributed by atoms with E-state index in [4.69, 9.17) is 4.42 Å². The van der Waals surface area contributed by atoms with Crippen LogP contribution in [0.15, 0.2) is 28.7 Å². The normalized spacial score (nSPS) is 19.1. The second-order valence-electron chi connectivity index (χ2n) is 7.50. The molecular weight excluding hydrogens is 328 g/mol. The van der Waals surface area contributed by atoms with E-state index in [1.165, 1.54) is 19.3 Å². The van der Waals surface area contributed by atoms with Crippen LogP contribution in [0.3, 0.4) is 0 Å². The minimum atomic E-state index is -0.0662. The van der Waals surface area contributed by atoms with E-state index in [0.29, 0.717) is 31.9 Å². The van der Waals surface area contributed by atoms with Crippen LogP contribution in [0.4, 0.5) is 0 Å². The summed E-state index contributed by atoms with van der Waals surface area (Å²) in [7, 11) is 0. The number of piperazine rings is 1. The zero-order valence-electron chi connectivity index (χ0n) is 15.4. The monoisotopic (exact) mass is 354 g/mol. The van der Waals surface area contributed by atoms with Crippen LogP contribution in [0, 0.1) is 12.8 Å². The molecule has 1 aliphatic carbocycles. The Hall–Kier alpha value is -2.30. The lowest BCUT2D eigenvalue weighted by molar-refractivity contribution is -0.138. The summed E-state index contributed by atoms with van der Waals surface area (Å²) in [5.74, 6) is 0.849. The molecule has 0 radical (unpaired) electrons. The first-order valence-electron chi connectivity index (χ1n) is 9.71. The van der Waals surface area contributed by atoms with Crippen molar-refractivity contribution in [1.82, 2.24) is 9.80 Å². The van der Waals surface area contributed by atoms with E-state index in [1.54, 1.807) is 0 Å². The van der Waals surface area contributed by atoms with Crippen LogP contribution in [-0.2, 0) is 4.79 Å². The largest absolute Gasteiger partial charge is 0.451 e. The van der Waals surface area contributed by atoms with Crippen LogP contribution in [0.5, 0.6) is 0 Å². The van der Waals surface area contributed by atoms with Gasteiger partial charge in [-0.05, 0) is 25.8 Å². The second-order valence-corrected chi connectivity index (χ2v) is 7.50. The maximum absolute atomic E-state index is 12.9. The summed E-state index contributed by atoms with van der Waals surface area (Å²) in [5.41, 5.74) is 1.64. The molecule has 26 heavy (non-hydrogen) atoms. The number of hydrogen-bond acceptors (Lipinski definition) is 3. The highest BCUT2D eigenvalue weighted by molar-refractivity contribution is 5.99. The van der Waals surface area contributed by atoms with E-state index in [2.05, 4.69) is 0 Å². The van der Waals surface area contributed by atoms with Gasteiger partial charge in [-0.1, -0.05) is 37.5 Å². The number of fused-ring (bicyclic) bond motifs is 1. The lowest BCUT2D eigenvalue weighted by Crippen LogP contribution is -2.52. The summed E-state index contributed by atoms with van der Waals surface area (Å²) in [6.07, 6.45) is 5.63. The van der Waals surface area contributed by atoms with Crippen LogP contribution >= 0.6 is 0 Å². The van der Waals surface area contributed by atoms with E-state index in [1.807, 2.05) is 41.0 Å². The average Bonchev–Trinajstić information content (AvgIpc) is 3.04. The summed E-state index contributed by atoms with van der Waals surface area (Å²) in [5, 5.41) is 0.988. The van der Waals surface area contributed by atoms with E-state index < -0.39 is 0 Å². The van der Waals surface area contributed by atoms with Gasteiger partial charge < -0.3 is 14.2 Å². The van der Waals surface area contributed by atoms with Crippen molar-refractivity contribution < 1.29 is 14.0 Å². The molecule has 138 valence electrons. The fraction of sp³-hybridized carbons (Fsp3) is 0.524. The highest BCUT2D eigenvalue weighted by atomic mass is 16.3. The number of aryl methyl sites for hydroxylation is 1. The Labute approximate surface area is 153 Å². The Bertz CT molecular complexity index is 812. The Morgan fingerprint density at radius 2 is 1.62 bits per heavy atom. The Morgan fingerprint density at radius 3 is 2.31 bits per heavy atom. The quantitative estimate of drug-likeness (QED) is 0.828. The van der Waals surface area contributed by atoms with Gasteiger partial charge in [0.1, 0.15) is 5.58 Å². The fourth-order valence-electron chi connectivity index (χ4n) is 4.26. The standard InChI is InChI=1S/C21H26N2O3/c1-15-17-9-5-6-10-18(17)26-19(15)21(25)23-13-11-22(12-14-23)20(24)16-7-3-2-4-8-16/h5-6,9-10,16H,2-4,7-8,11-14H2,1H3.